The van der Waals surface area contributed by atoms with E-state index in [1.165, 1.54) is 17.8 Å². The van der Waals surface area contributed by atoms with Crippen LogP contribution in [-0.2, 0) is 0 Å². The Morgan fingerprint density at radius 3 is 2.42 bits per heavy atom. The topological polar surface area (TPSA) is 51.6 Å². The highest BCUT2D eigenvalue weighted by molar-refractivity contribution is 6.02. The summed E-state index contributed by atoms with van der Waals surface area (Å²) in [5.74, 6) is -0.356. The first-order valence-electron chi connectivity index (χ1n) is 9.01. The van der Waals surface area contributed by atoms with Crippen LogP contribution in [-0.4, -0.2) is 29.4 Å². The maximum Gasteiger partial charge on any atom is 0.198 e. The molecule has 0 bridgehead atoms. The molecule has 136 valence electrons. The predicted octanol–water partition coefficient (Wildman–Crippen LogP) is 5.39. The summed E-state index contributed by atoms with van der Waals surface area (Å²) < 4.78 is 13.5. The summed E-state index contributed by atoms with van der Waals surface area (Å²) in [4.78, 5) is 9.63. The Morgan fingerprint density at radius 2 is 1.77 bits per heavy atom. The Bertz CT molecular complexity index is 894. The van der Waals surface area contributed by atoms with Crippen LogP contribution in [0.4, 0.5) is 15.8 Å². The second-order valence-corrected chi connectivity index (χ2v) is 6.34. The first kappa shape index (κ1) is 18.0. The molecule has 3 aromatic rings. The van der Waals surface area contributed by atoms with Gasteiger partial charge in [-0.3, -0.25) is 4.99 Å². The maximum atomic E-state index is 13.5. The van der Waals surface area contributed by atoms with Gasteiger partial charge in [-0.05, 0) is 55.3 Å². The zero-order chi connectivity index (χ0) is 18.5. The van der Waals surface area contributed by atoms with E-state index in [0.717, 1.165) is 31.6 Å². The SMILES string of the molecule is CCCN(CCC)c1ccc(N=Cc2c(O)[nH]c3ccc(F)cc23)cc1. The van der Waals surface area contributed by atoms with Crippen molar-refractivity contribution < 1.29 is 9.50 Å². The van der Waals surface area contributed by atoms with E-state index in [1.54, 1.807) is 12.3 Å². The lowest BCUT2D eigenvalue weighted by atomic mass is 10.2. The molecule has 3 rings (SSSR count). The number of hydrogen-bond donors (Lipinski definition) is 2. The van der Waals surface area contributed by atoms with Crippen LogP contribution in [0.5, 0.6) is 5.88 Å². The van der Waals surface area contributed by atoms with Gasteiger partial charge in [0.2, 0.25) is 0 Å². The first-order valence-corrected chi connectivity index (χ1v) is 9.01. The summed E-state index contributed by atoms with van der Waals surface area (Å²) in [6, 6.07) is 12.4. The molecule has 1 aromatic heterocycles. The highest BCUT2D eigenvalue weighted by atomic mass is 19.1. The minimum atomic E-state index is -0.345. The van der Waals surface area contributed by atoms with Gasteiger partial charge in [0.15, 0.2) is 5.88 Å². The van der Waals surface area contributed by atoms with Crippen LogP contribution >= 0.6 is 0 Å². The second kappa shape index (κ2) is 8.04. The minimum Gasteiger partial charge on any atom is -0.494 e. The van der Waals surface area contributed by atoms with Crippen LogP contribution in [0, 0.1) is 5.82 Å². The summed E-state index contributed by atoms with van der Waals surface area (Å²) in [5, 5.41) is 10.7. The van der Waals surface area contributed by atoms with Gasteiger partial charge < -0.3 is 15.0 Å². The van der Waals surface area contributed by atoms with Crippen molar-refractivity contribution in [3.63, 3.8) is 0 Å². The second-order valence-electron chi connectivity index (χ2n) is 6.34. The van der Waals surface area contributed by atoms with Crippen molar-refractivity contribution in [1.82, 2.24) is 4.98 Å². The number of nitrogens with one attached hydrogen (secondary N) is 1. The predicted molar refractivity (Wildman–Crippen MR) is 106 cm³/mol. The molecule has 0 fully saturated rings. The highest BCUT2D eigenvalue weighted by Crippen LogP contribution is 2.27. The number of aromatic hydroxyl groups is 1. The number of anilines is 1. The van der Waals surface area contributed by atoms with E-state index in [-0.39, 0.29) is 11.7 Å². The molecule has 0 aliphatic rings. The fraction of sp³-hybridized carbons (Fsp3) is 0.286. The van der Waals surface area contributed by atoms with E-state index in [9.17, 15) is 9.50 Å². The van der Waals surface area contributed by atoms with Gasteiger partial charge in [-0.15, -0.1) is 0 Å². The molecule has 26 heavy (non-hydrogen) atoms. The Balaban J connectivity index is 1.83. The number of nitrogens with zero attached hydrogens (tertiary/aromatic N) is 2. The Morgan fingerprint density at radius 1 is 1.08 bits per heavy atom. The summed E-state index contributed by atoms with van der Waals surface area (Å²) >= 11 is 0. The average Bonchev–Trinajstić information content (AvgIpc) is 2.95. The molecule has 0 saturated heterocycles. The molecule has 2 aromatic carbocycles. The monoisotopic (exact) mass is 353 g/mol. The molecule has 4 nitrogen and oxygen atoms in total. The van der Waals surface area contributed by atoms with E-state index in [4.69, 9.17) is 0 Å². The van der Waals surface area contributed by atoms with E-state index < -0.39 is 0 Å². The fourth-order valence-electron chi connectivity index (χ4n) is 3.10. The van der Waals surface area contributed by atoms with Gasteiger partial charge in [-0.2, -0.15) is 0 Å². The van der Waals surface area contributed by atoms with Gasteiger partial charge in [0, 0.05) is 35.9 Å². The van der Waals surface area contributed by atoms with Crippen molar-refractivity contribution in [2.24, 2.45) is 4.99 Å². The summed E-state index contributed by atoms with van der Waals surface area (Å²) in [5.41, 5.74) is 3.13. The molecule has 0 atom stereocenters. The van der Waals surface area contributed by atoms with Crippen LogP contribution in [0.1, 0.15) is 32.3 Å². The number of benzene rings is 2. The lowest BCUT2D eigenvalue weighted by Crippen LogP contribution is -2.24. The standard InChI is InChI=1S/C21H24FN3O/c1-3-11-25(12-4-2)17-8-6-16(7-9-17)23-14-19-18-13-15(22)5-10-20(18)24-21(19)26/h5-10,13-14,24,26H,3-4,11-12H2,1-2H3. The Labute approximate surface area is 153 Å². The quantitative estimate of drug-likeness (QED) is 0.560. The number of rotatable bonds is 7. The number of H-pyrrole nitrogens is 1. The maximum absolute atomic E-state index is 13.5. The number of fused-ring (bicyclic) bond motifs is 1. The van der Waals surface area contributed by atoms with Crippen molar-refractivity contribution in [3.05, 3.63) is 53.8 Å². The van der Waals surface area contributed by atoms with Crippen LogP contribution in [0.15, 0.2) is 47.5 Å². The van der Waals surface area contributed by atoms with E-state index in [2.05, 4.69) is 40.9 Å². The largest absolute Gasteiger partial charge is 0.494 e. The molecule has 0 aliphatic carbocycles. The average molecular weight is 353 g/mol. The van der Waals surface area contributed by atoms with E-state index in [1.807, 2.05) is 12.1 Å². The first-order chi connectivity index (χ1) is 12.6. The van der Waals surface area contributed by atoms with E-state index in [0.29, 0.717) is 16.5 Å². The normalized spacial score (nSPS) is 11.5. The van der Waals surface area contributed by atoms with Gasteiger partial charge >= 0.3 is 0 Å². The summed E-state index contributed by atoms with van der Waals surface area (Å²) in [6.45, 7) is 6.42. The molecule has 2 N–H and O–H groups in total. The van der Waals surface area contributed by atoms with Crippen molar-refractivity contribution in [1.29, 1.82) is 0 Å². The summed E-state index contributed by atoms with van der Waals surface area (Å²) in [7, 11) is 0. The van der Waals surface area contributed by atoms with Crippen molar-refractivity contribution in [2.45, 2.75) is 26.7 Å². The van der Waals surface area contributed by atoms with Crippen molar-refractivity contribution >= 4 is 28.5 Å². The third kappa shape index (κ3) is 3.87. The number of aromatic nitrogens is 1. The number of hydrogen-bond acceptors (Lipinski definition) is 3. The molecule has 0 saturated carbocycles. The molecule has 0 amide bonds. The van der Waals surface area contributed by atoms with E-state index >= 15 is 0 Å². The smallest absolute Gasteiger partial charge is 0.198 e. The molecule has 5 heteroatoms. The van der Waals surface area contributed by atoms with Crippen LogP contribution in [0.2, 0.25) is 0 Å². The third-order valence-electron chi connectivity index (χ3n) is 4.32. The number of aliphatic imine (C=N–C) groups is 1. The van der Waals surface area contributed by atoms with Crippen LogP contribution in [0.3, 0.4) is 0 Å². The van der Waals surface area contributed by atoms with Crippen molar-refractivity contribution in [2.75, 3.05) is 18.0 Å². The molecular weight excluding hydrogens is 329 g/mol. The van der Waals surface area contributed by atoms with Gasteiger partial charge in [0.05, 0.1) is 11.3 Å². The molecular formula is C21H24FN3O. The minimum absolute atomic E-state index is 0.0111. The Hall–Kier alpha value is -2.82. The van der Waals surface area contributed by atoms with Gasteiger partial charge in [-0.1, -0.05) is 13.8 Å². The Kier molecular flexibility index (Phi) is 5.56. The lowest BCUT2D eigenvalue weighted by molar-refractivity contribution is 0.457. The molecule has 0 aliphatic heterocycles. The molecule has 0 unspecified atom stereocenters. The van der Waals surface area contributed by atoms with Crippen LogP contribution in [0.25, 0.3) is 10.9 Å². The number of halogens is 1. The molecule has 0 radical (unpaired) electrons. The molecule has 1 heterocycles. The zero-order valence-electron chi connectivity index (χ0n) is 15.2. The van der Waals surface area contributed by atoms with Gasteiger partial charge in [0.25, 0.3) is 0 Å². The van der Waals surface area contributed by atoms with Gasteiger partial charge in [-0.25, -0.2) is 4.39 Å². The van der Waals surface area contributed by atoms with Crippen LogP contribution < -0.4 is 4.90 Å². The third-order valence-corrected chi connectivity index (χ3v) is 4.32. The molecule has 0 spiro atoms. The summed E-state index contributed by atoms with van der Waals surface area (Å²) in [6.07, 6.45) is 3.78. The lowest BCUT2D eigenvalue weighted by Gasteiger charge is -2.23. The fourth-order valence-corrected chi connectivity index (χ4v) is 3.10. The highest BCUT2D eigenvalue weighted by Gasteiger charge is 2.10. The zero-order valence-corrected chi connectivity index (χ0v) is 15.2. The van der Waals surface area contributed by atoms with Crippen molar-refractivity contribution in [3.8, 4) is 5.88 Å². The number of aromatic amines is 1. The van der Waals surface area contributed by atoms with Gasteiger partial charge in [0.1, 0.15) is 5.82 Å².